The lowest BCUT2D eigenvalue weighted by Gasteiger charge is -2.06. The molecule has 1 aliphatic rings. The minimum atomic E-state index is 0.524. The van der Waals surface area contributed by atoms with Crippen LogP contribution in [0.4, 0.5) is 17.6 Å². The summed E-state index contributed by atoms with van der Waals surface area (Å²) in [5.41, 5.74) is 0. The van der Waals surface area contributed by atoms with Crippen LogP contribution in [0, 0.1) is 0 Å². The summed E-state index contributed by atoms with van der Waals surface area (Å²) in [6, 6.07) is 2.44. The van der Waals surface area contributed by atoms with Gasteiger partial charge in [0.25, 0.3) is 0 Å². The van der Waals surface area contributed by atoms with Crippen LogP contribution in [0.15, 0.2) is 30.9 Å². The molecule has 86 valence electrons. The average molecular weight is 228 g/mol. The van der Waals surface area contributed by atoms with Crippen LogP contribution in [0.1, 0.15) is 12.8 Å². The summed E-state index contributed by atoms with van der Waals surface area (Å²) in [6.45, 7) is 0. The Balaban J connectivity index is 1.73. The van der Waals surface area contributed by atoms with Crippen LogP contribution >= 0.6 is 0 Å². The predicted molar refractivity (Wildman–Crippen MR) is 64.0 cm³/mol. The second kappa shape index (κ2) is 4.32. The molecule has 0 spiro atoms. The first-order chi connectivity index (χ1) is 8.40. The zero-order chi connectivity index (χ0) is 11.5. The summed E-state index contributed by atoms with van der Waals surface area (Å²) in [7, 11) is 0. The molecule has 0 bridgehead atoms. The Labute approximate surface area is 98.6 Å². The number of rotatable bonds is 4. The molecule has 0 unspecified atom stereocenters. The van der Waals surface area contributed by atoms with E-state index in [-0.39, 0.29) is 0 Å². The Hall–Kier alpha value is -2.24. The van der Waals surface area contributed by atoms with Crippen molar-refractivity contribution in [2.45, 2.75) is 18.9 Å². The van der Waals surface area contributed by atoms with Gasteiger partial charge in [0.2, 0.25) is 5.95 Å². The molecule has 6 heteroatoms. The third-order valence-corrected chi connectivity index (χ3v) is 2.39. The number of hydrogen-bond acceptors (Lipinski definition) is 6. The van der Waals surface area contributed by atoms with E-state index in [1.807, 2.05) is 6.07 Å². The molecule has 1 aliphatic carbocycles. The van der Waals surface area contributed by atoms with Gasteiger partial charge in [-0.2, -0.15) is 4.98 Å². The lowest BCUT2D eigenvalue weighted by atomic mass is 10.5. The fourth-order valence-corrected chi connectivity index (χ4v) is 1.41. The largest absolute Gasteiger partial charge is 0.367 e. The van der Waals surface area contributed by atoms with Crippen molar-refractivity contribution in [3.05, 3.63) is 30.9 Å². The maximum Gasteiger partial charge on any atom is 0.230 e. The average Bonchev–Trinajstić information content (AvgIpc) is 3.15. The van der Waals surface area contributed by atoms with E-state index in [2.05, 4.69) is 30.6 Å². The summed E-state index contributed by atoms with van der Waals surface area (Å²) < 4.78 is 0. The van der Waals surface area contributed by atoms with Crippen LogP contribution in [0.5, 0.6) is 0 Å². The minimum absolute atomic E-state index is 0.524. The van der Waals surface area contributed by atoms with Crippen LogP contribution in [-0.2, 0) is 0 Å². The highest BCUT2D eigenvalue weighted by Crippen LogP contribution is 2.23. The monoisotopic (exact) mass is 228 g/mol. The van der Waals surface area contributed by atoms with Gasteiger partial charge in [-0.25, -0.2) is 9.97 Å². The summed E-state index contributed by atoms with van der Waals surface area (Å²) in [5.74, 6) is 2.00. The fraction of sp³-hybridized carbons (Fsp3) is 0.273. The maximum absolute atomic E-state index is 4.35. The second-order valence-corrected chi connectivity index (χ2v) is 3.90. The van der Waals surface area contributed by atoms with E-state index in [4.69, 9.17) is 0 Å². The highest BCUT2D eigenvalue weighted by molar-refractivity contribution is 5.49. The molecule has 0 atom stereocenters. The van der Waals surface area contributed by atoms with Crippen molar-refractivity contribution in [2.75, 3.05) is 10.6 Å². The van der Waals surface area contributed by atoms with Crippen LogP contribution in [-0.4, -0.2) is 26.0 Å². The number of nitrogens with zero attached hydrogens (tertiary/aromatic N) is 4. The summed E-state index contributed by atoms with van der Waals surface area (Å²) in [6.07, 6.45) is 9.03. The molecule has 3 rings (SSSR count). The maximum atomic E-state index is 4.35. The molecule has 1 fully saturated rings. The predicted octanol–water partition coefficient (Wildman–Crippen LogP) is 1.58. The van der Waals surface area contributed by atoms with E-state index in [0.717, 1.165) is 5.82 Å². The molecule has 1 saturated carbocycles. The third-order valence-electron chi connectivity index (χ3n) is 2.39. The summed E-state index contributed by atoms with van der Waals surface area (Å²) in [5, 5.41) is 6.32. The molecule has 2 heterocycles. The van der Waals surface area contributed by atoms with E-state index in [1.54, 1.807) is 24.8 Å². The van der Waals surface area contributed by atoms with Crippen molar-refractivity contribution in [3.63, 3.8) is 0 Å². The van der Waals surface area contributed by atoms with Crippen molar-refractivity contribution in [1.29, 1.82) is 0 Å². The Morgan fingerprint density at radius 3 is 2.76 bits per heavy atom. The van der Waals surface area contributed by atoms with E-state index in [0.29, 0.717) is 17.8 Å². The molecule has 0 aliphatic heterocycles. The Bertz CT molecular complexity index is 496. The Morgan fingerprint density at radius 2 is 2.00 bits per heavy atom. The topological polar surface area (TPSA) is 75.6 Å². The van der Waals surface area contributed by atoms with Crippen LogP contribution in [0.3, 0.4) is 0 Å². The normalized spacial score (nSPS) is 14.4. The summed E-state index contributed by atoms with van der Waals surface area (Å²) >= 11 is 0. The van der Waals surface area contributed by atoms with Gasteiger partial charge in [-0.3, -0.25) is 4.98 Å². The molecule has 2 N–H and O–H groups in total. The highest BCUT2D eigenvalue weighted by atomic mass is 15.2. The first-order valence-corrected chi connectivity index (χ1v) is 5.53. The quantitative estimate of drug-likeness (QED) is 0.827. The molecule has 0 radical (unpaired) electrons. The van der Waals surface area contributed by atoms with Crippen LogP contribution in [0.2, 0.25) is 0 Å². The van der Waals surface area contributed by atoms with Gasteiger partial charge in [-0.1, -0.05) is 0 Å². The molecule has 0 saturated heterocycles. The van der Waals surface area contributed by atoms with Crippen molar-refractivity contribution < 1.29 is 0 Å². The lowest BCUT2D eigenvalue weighted by Crippen LogP contribution is -2.05. The van der Waals surface area contributed by atoms with Gasteiger partial charge in [0, 0.05) is 24.6 Å². The molecule has 6 nitrogen and oxygen atoms in total. The molecule has 2 aromatic heterocycles. The molecule has 2 aromatic rings. The zero-order valence-electron chi connectivity index (χ0n) is 9.17. The first-order valence-electron chi connectivity index (χ1n) is 5.53. The second-order valence-electron chi connectivity index (χ2n) is 3.90. The summed E-state index contributed by atoms with van der Waals surface area (Å²) in [4.78, 5) is 16.5. The molecule has 17 heavy (non-hydrogen) atoms. The van der Waals surface area contributed by atoms with Crippen LogP contribution < -0.4 is 10.6 Å². The van der Waals surface area contributed by atoms with Gasteiger partial charge in [-0.15, -0.1) is 0 Å². The van der Waals surface area contributed by atoms with Gasteiger partial charge in [0.15, 0.2) is 5.82 Å². The molecule has 0 amide bonds. The SMILES string of the molecule is c1cnc(Nc2nccc(NC3CC3)n2)cn1. The molecule has 0 aromatic carbocycles. The van der Waals surface area contributed by atoms with Crippen molar-refractivity contribution in [3.8, 4) is 0 Å². The Morgan fingerprint density at radius 1 is 1.06 bits per heavy atom. The number of hydrogen-bond donors (Lipinski definition) is 2. The van der Waals surface area contributed by atoms with E-state index in [1.165, 1.54) is 12.8 Å². The van der Waals surface area contributed by atoms with Gasteiger partial charge in [-0.05, 0) is 18.9 Å². The van der Waals surface area contributed by atoms with Gasteiger partial charge < -0.3 is 10.6 Å². The number of anilines is 3. The number of aromatic nitrogens is 4. The van der Waals surface area contributed by atoms with Crippen molar-refractivity contribution in [1.82, 2.24) is 19.9 Å². The van der Waals surface area contributed by atoms with E-state index < -0.39 is 0 Å². The van der Waals surface area contributed by atoms with Gasteiger partial charge in [0.1, 0.15) is 5.82 Å². The number of nitrogens with one attached hydrogen (secondary N) is 2. The van der Waals surface area contributed by atoms with Gasteiger partial charge in [0.05, 0.1) is 6.20 Å². The first kappa shape index (κ1) is 9.95. The molecular weight excluding hydrogens is 216 g/mol. The standard InChI is InChI=1S/C11H12N6/c1-2-8(1)15-9-3-4-14-11(16-9)17-10-7-12-5-6-13-10/h3-8H,1-2H2,(H2,13,14,15,16,17). The lowest BCUT2D eigenvalue weighted by molar-refractivity contribution is 1.08. The third kappa shape index (κ3) is 2.66. The minimum Gasteiger partial charge on any atom is -0.367 e. The molecular formula is C11H12N6. The fourth-order valence-electron chi connectivity index (χ4n) is 1.41. The van der Waals surface area contributed by atoms with E-state index in [9.17, 15) is 0 Å². The van der Waals surface area contributed by atoms with Crippen molar-refractivity contribution >= 4 is 17.6 Å². The van der Waals surface area contributed by atoms with Crippen LogP contribution in [0.25, 0.3) is 0 Å². The van der Waals surface area contributed by atoms with Crippen molar-refractivity contribution in [2.24, 2.45) is 0 Å². The highest BCUT2D eigenvalue weighted by Gasteiger charge is 2.21. The zero-order valence-corrected chi connectivity index (χ0v) is 9.17. The van der Waals surface area contributed by atoms with E-state index >= 15 is 0 Å². The smallest absolute Gasteiger partial charge is 0.230 e. The Kier molecular flexibility index (Phi) is 2.53. The van der Waals surface area contributed by atoms with Gasteiger partial charge >= 0.3 is 0 Å².